The second-order valence-corrected chi connectivity index (χ2v) is 9.13. The Morgan fingerprint density at radius 2 is 2.00 bits per heavy atom. The van der Waals surface area contributed by atoms with Crippen LogP contribution in [-0.4, -0.2) is 9.97 Å². The van der Waals surface area contributed by atoms with Gasteiger partial charge in [0.1, 0.15) is 15.8 Å². The van der Waals surface area contributed by atoms with E-state index >= 15 is 0 Å². The summed E-state index contributed by atoms with van der Waals surface area (Å²) in [6, 6.07) is 7.82. The van der Waals surface area contributed by atoms with Crippen molar-refractivity contribution in [3.63, 3.8) is 0 Å². The number of fused-ring (bicyclic) bond motifs is 3. The van der Waals surface area contributed by atoms with Gasteiger partial charge in [-0.25, -0.2) is 9.97 Å². The Hall–Kier alpha value is -0.810. The average molecular weight is 395 g/mol. The molecule has 3 aromatic rings. The lowest BCUT2D eigenvalue weighted by Crippen LogP contribution is -2.08. The van der Waals surface area contributed by atoms with E-state index < -0.39 is 0 Å². The van der Waals surface area contributed by atoms with Crippen molar-refractivity contribution in [2.75, 3.05) is 0 Å². The topological polar surface area (TPSA) is 25.8 Å². The van der Waals surface area contributed by atoms with Crippen LogP contribution in [0.15, 0.2) is 29.2 Å². The van der Waals surface area contributed by atoms with Crippen molar-refractivity contribution in [2.45, 2.75) is 36.8 Å². The van der Waals surface area contributed by atoms with E-state index in [9.17, 15) is 0 Å². The molecule has 0 aliphatic heterocycles. The minimum absolute atomic E-state index is 0.610. The maximum absolute atomic E-state index is 6.51. The van der Waals surface area contributed by atoms with Gasteiger partial charge in [0.2, 0.25) is 0 Å². The molecule has 0 saturated carbocycles. The number of aromatic nitrogens is 2. The molecule has 1 atom stereocenters. The summed E-state index contributed by atoms with van der Waals surface area (Å²) < 4.78 is 0. The van der Waals surface area contributed by atoms with Crippen LogP contribution in [0, 0.1) is 5.92 Å². The second-order valence-electron chi connectivity index (χ2n) is 6.21. The monoisotopic (exact) mass is 394 g/mol. The fourth-order valence-electron chi connectivity index (χ4n) is 3.08. The summed E-state index contributed by atoms with van der Waals surface area (Å²) in [5.41, 5.74) is 1.38. The SMILES string of the molecule is C[C@H]1CCc2c(sc3nc(CSc4ccc(Cl)cc4)nc(Cl)c23)C1. The molecule has 6 heteroatoms. The molecule has 1 aliphatic rings. The van der Waals surface area contributed by atoms with Gasteiger partial charge < -0.3 is 0 Å². The van der Waals surface area contributed by atoms with Crippen molar-refractivity contribution in [3.05, 3.63) is 50.7 Å². The van der Waals surface area contributed by atoms with E-state index in [2.05, 4.69) is 11.9 Å². The number of thioether (sulfide) groups is 1. The number of aryl methyl sites for hydroxylation is 1. The van der Waals surface area contributed by atoms with Crippen LogP contribution in [0.5, 0.6) is 0 Å². The maximum Gasteiger partial charge on any atom is 0.142 e. The molecule has 1 aliphatic carbocycles. The van der Waals surface area contributed by atoms with E-state index in [-0.39, 0.29) is 0 Å². The van der Waals surface area contributed by atoms with Crippen LogP contribution < -0.4 is 0 Å². The van der Waals surface area contributed by atoms with Crippen LogP contribution in [0.1, 0.15) is 29.6 Å². The smallest absolute Gasteiger partial charge is 0.142 e. The average Bonchev–Trinajstić information content (AvgIpc) is 2.92. The van der Waals surface area contributed by atoms with E-state index in [1.807, 2.05) is 24.3 Å². The van der Waals surface area contributed by atoms with E-state index in [4.69, 9.17) is 28.2 Å². The number of nitrogens with zero attached hydrogens (tertiary/aromatic N) is 2. The molecule has 124 valence electrons. The van der Waals surface area contributed by atoms with Crippen LogP contribution in [0.2, 0.25) is 10.2 Å². The molecule has 1 aromatic carbocycles. The number of halogens is 2. The highest BCUT2D eigenvalue weighted by Crippen LogP contribution is 2.40. The standard InChI is InChI=1S/C18H16Cl2N2S2/c1-10-2-7-13-14(8-10)24-18-16(13)17(20)21-15(22-18)9-23-12-5-3-11(19)4-6-12/h3-6,10H,2,7-9H2,1H3/t10-/m0/s1. The summed E-state index contributed by atoms with van der Waals surface area (Å²) in [6.07, 6.45) is 3.46. The Labute approximate surface area is 159 Å². The molecule has 0 saturated heterocycles. The van der Waals surface area contributed by atoms with E-state index in [1.165, 1.54) is 16.9 Å². The largest absolute Gasteiger partial charge is 0.221 e. The van der Waals surface area contributed by atoms with E-state index in [1.54, 1.807) is 23.1 Å². The number of benzene rings is 1. The van der Waals surface area contributed by atoms with Gasteiger partial charge in [0.25, 0.3) is 0 Å². The first-order valence-corrected chi connectivity index (χ1v) is 10.5. The molecular formula is C18H16Cl2N2S2. The first-order valence-electron chi connectivity index (χ1n) is 7.95. The molecule has 24 heavy (non-hydrogen) atoms. The second kappa shape index (κ2) is 6.83. The van der Waals surface area contributed by atoms with Crippen LogP contribution in [-0.2, 0) is 18.6 Å². The maximum atomic E-state index is 6.51. The quantitative estimate of drug-likeness (QED) is 0.378. The zero-order chi connectivity index (χ0) is 16.7. The highest BCUT2D eigenvalue weighted by molar-refractivity contribution is 7.98. The van der Waals surface area contributed by atoms with Gasteiger partial charge in [-0.1, -0.05) is 30.1 Å². The summed E-state index contributed by atoms with van der Waals surface area (Å²) in [4.78, 5) is 13.0. The van der Waals surface area contributed by atoms with Gasteiger partial charge in [0, 0.05) is 14.8 Å². The van der Waals surface area contributed by atoms with Gasteiger partial charge in [0.05, 0.1) is 11.1 Å². The predicted molar refractivity (Wildman–Crippen MR) is 105 cm³/mol. The zero-order valence-corrected chi connectivity index (χ0v) is 16.3. The van der Waals surface area contributed by atoms with Crippen LogP contribution in [0.4, 0.5) is 0 Å². The van der Waals surface area contributed by atoms with Crippen molar-refractivity contribution in [1.29, 1.82) is 0 Å². The predicted octanol–water partition coefficient (Wildman–Crippen LogP) is 6.42. The summed E-state index contributed by atoms with van der Waals surface area (Å²) >= 11 is 15.9. The third-order valence-corrected chi connectivity index (χ3v) is 7.02. The first-order chi connectivity index (χ1) is 11.6. The fourth-order valence-corrected chi connectivity index (χ4v) is 5.72. The summed E-state index contributed by atoms with van der Waals surface area (Å²) in [5, 5.41) is 2.45. The Morgan fingerprint density at radius 1 is 1.21 bits per heavy atom. The summed E-state index contributed by atoms with van der Waals surface area (Å²) in [7, 11) is 0. The van der Waals surface area contributed by atoms with Crippen molar-refractivity contribution in [2.24, 2.45) is 5.92 Å². The molecule has 0 spiro atoms. The van der Waals surface area contributed by atoms with Gasteiger partial charge in [-0.3, -0.25) is 0 Å². The Morgan fingerprint density at radius 3 is 2.79 bits per heavy atom. The van der Waals surface area contributed by atoms with Crippen molar-refractivity contribution >= 4 is 56.5 Å². The lowest BCUT2D eigenvalue weighted by atomic mass is 9.89. The normalized spacial score (nSPS) is 17.2. The molecule has 2 aromatic heterocycles. The number of thiophene rings is 1. The van der Waals surface area contributed by atoms with Gasteiger partial charge in [-0.05, 0) is 55.0 Å². The highest BCUT2D eigenvalue weighted by atomic mass is 35.5. The minimum atomic E-state index is 0.610. The van der Waals surface area contributed by atoms with Crippen LogP contribution in [0.3, 0.4) is 0 Å². The lowest BCUT2D eigenvalue weighted by Gasteiger charge is -2.17. The molecule has 0 unspecified atom stereocenters. The van der Waals surface area contributed by atoms with Crippen LogP contribution in [0.25, 0.3) is 10.2 Å². The molecule has 2 heterocycles. The Kier molecular flexibility index (Phi) is 4.74. The third kappa shape index (κ3) is 3.30. The first kappa shape index (κ1) is 16.6. The number of rotatable bonds is 3. The molecule has 0 N–H and O–H groups in total. The number of hydrogen-bond acceptors (Lipinski definition) is 4. The minimum Gasteiger partial charge on any atom is -0.221 e. The molecule has 4 rings (SSSR count). The van der Waals surface area contributed by atoms with Gasteiger partial charge >= 0.3 is 0 Å². The van der Waals surface area contributed by atoms with Gasteiger partial charge in [-0.2, -0.15) is 0 Å². The molecule has 0 radical (unpaired) electrons. The zero-order valence-electron chi connectivity index (χ0n) is 13.2. The highest BCUT2D eigenvalue weighted by Gasteiger charge is 2.23. The van der Waals surface area contributed by atoms with Crippen molar-refractivity contribution in [1.82, 2.24) is 9.97 Å². The molecule has 0 bridgehead atoms. The molecule has 0 amide bonds. The molecule has 0 fully saturated rings. The Balaban J connectivity index is 1.62. The van der Waals surface area contributed by atoms with Gasteiger partial charge in [-0.15, -0.1) is 23.1 Å². The molecular weight excluding hydrogens is 379 g/mol. The van der Waals surface area contributed by atoms with Crippen molar-refractivity contribution in [3.8, 4) is 0 Å². The van der Waals surface area contributed by atoms with E-state index in [0.29, 0.717) is 10.9 Å². The third-order valence-electron chi connectivity index (χ3n) is 4.34. The summed E-state index contributed by atoms with van der Waals surface area (Å²) in [5.74, 6) is 2.24. The van der Waals surface area contributed by atoms with Crippen molar-refractivity contribution < 1.29 is 0 Å². The number of hydrogen-bond donors (Lipinski definition) is 0. The summed E-state index contributed by atoms with van der Waals surface area (Å²) in [6.45, 7) is 2.31. The molecule has 2 nitrogen and oxygen atoms in total. The van der Waals surface area contributed by atoms with Crippen LogP contribution >= 0.6 is 46.3 Å². The Bertz CT molecular complexity index is 890. The fraction of sp³-hybridized carbons (Fsp3) is 0.333. The lowest BCUT2D eigenvalue weighted by molar-refractivity contribution is 0.509. The van der Waals surface area contributed by atoms with E-state index in [0.717, 1.165) is 44.7 Å². The van der Waals surface area contributed by atoms with Gasteiger partial charge in [0.15, 0.2) is 0 Å².